The van der Waals surface area contributed by atoms with Crippen molar-refractivity contribution in [3.63, 3.8) is 0 Å². The maximum absolute atomic E-state index is 10.8. The summed E-state index contributed by atoms with van der Waals surface area (Å²) >= 11 is 5.84. The first-order valence-electron chi connectivity index (χ1n) is 4.22. The minimum absolute atomic E-state index is 0.114. The third kappa shape index (κ3) is 1.43. The van der Waals surface area contributed by atoms with Gasteiger partial charge in [0.15, 0.2) is 0 Å². The van der Waals surface area contributed by atoms with Crippen molar-refractivity contribution in [2.45, 2.75) is 6.92 Å². The molecule has 0 atom stereocenters. The van der Waals surface area contributed by atoms with Crippen LogP contribution in [0.25, 0.3) is 11.0 Å². The van der Waals surface area contributed by atoms with E-state index in [1.165, 1.54) is 0 Å². The minimum Gasteiger partial charge on any atom is -0.475 e. The molecule has 78 valence electrons. The number of hydrogen-bond acceptors (Lipinski definition) is 3. The molecule has 0 spiro atoms. The maximum atomic E-state index is 10.8. The molecule has 1 heterocycles. The summed E-state index contributed by atoms with van der Waals surface area (Å²) in [4.78, 5) is 10.8. The molecule has 0 saturated carbocycles. The summed E-state index contributed by atoms with van der Waals surface area (Å²) in [7, 11) is 0. The van der Waals surface area contributed by atoms with E-state index < -0.39 is 5.97 Å². The first-order chi connectivity index (χ1) is 7.00. The molecule has 0 aliphatic carbocycles. The second-order valence-electron chi connectivity index (χ2n) is 3.25. The second-order valence-corrected chi connectivity index (χ2v) is 3.69. The molecule has 0 radical (unpaired) electrons. The molecule has 0 saturated heterocycles. The molecule has 3 N–H and O–H groups in total. The van der Waals surface area contributed by atoms with Crippen LogP contribution in [-0.4, -0.2) is 11.1 Å². The van der Waals surface area contributed by atoms with E-state index in [1.807, 2.05) is 0 Å². The van der Waals surface area contributed by atoms with Crippen LogP contribution in [0.5, 0.6) is 0 Å². The van der Waals surface area contributed by atoms with Crippen LogP contribution in [0.3, 0.4) is 0 Å². The van der Waals surface area contributed by atoms with Crippen molar-refractivity contribution in [2.75, 3.05) is 5.73 Å². The lowest BCUT2D eigenvalue weighted by Crippen LogP contribution is -1.98. The van der Waals surface area contributed by atoms with Crippen molar-refractivity contribution in [3.8, 4) is 0 Å². The maximum Gasteiger partial charge on any atom is 0.374 e. The van der Waals surface area contributed by atoms with Gasteiger partial charge in [0.25, 0.3) is 0 Å². The molecule has 5 heteroatoms. The monoisotopic (exact) mass is 225 g/mol. The fourth-order valence-electron chi connectivity index (χ4n) is 1.50. The van der Waals surface area contributed by atoms with Gasteiger partial charge in [0.2, 0.25) is 5.76 Å². The van der Waals surface area contributed by atoms with Gasteiger partial charge < -0.3 is 15.3 Å². The number of anilines is 1. The zero-order valence-corrected chi connectivity index (χ0v) is 8.63. The molecular formula is C10H8ClNO3. The van der Waals surface area contributed by atoms with E-state index in [9.17, 15) is 4.79 Å². The highest BCUT2D eigenvalue weighted by atomic mass is 35.5. The quantitative estimate of drug-likeness (QED) is 0.782. The highest BCUT2D eigenvalue weighted by Gasteiger charge is 2.18. The Balaban J connectivity index is 2.88. The van der Waals surface area contributed by atoms with Crippen LogP contribution in [0.4, 0.5) is 5.69 Å². The number of benzene rings is 1. The topological polar surface area (TPSA) is 76.5 Å². The Labute approximate surface area is 90.2 Å². The summed E-state index contributed by atoms with van der Waals surface area (Å²) in [5.41, 5.74) is 6.99. The fourth-order valence-corrected chi connectivity index (χ4v) is 1.78. The first-order valence-corrected chi connectivity index (χ1v) is 4.60. The van der Waals surface area contributed by atoms with Gasteiger partial charge in [-0.3, -0.25) is 0 Å². The molecule has 2 rings (SSSR count). The number of rotatable bonds is 1. The van der Waals surface area contributed by atoms with Crippen LogP contribution in [0.2, 0.25) is 5.02 Å². The summed E-state index contributed by atoms with van der Waals surface area (Å²) in [6.45, 7) is 1.78. The molecule has 0 bridgehead atoms. The molecule has 0 unspecified atom stereocenters. The zero-order valence-electron chi connectivity index (χ0n) is 7.87. The average Bonchev–Trinajstić information content (AvgIpc) is 2.44. The molecule has 0 aliphatic heterocycles. The standard InChI is InChI=1S/C10H8ClNO3/c1-4-2-5(11)3-6-7(12)9(10(13)14)15-8(4)6/h2-3H,12H2,1H3,(H,13,14). The molecule has 1 aromatic heterocycles. The van der Waals surface area contributed by atoms with Crippen molar-refractivity contribution < 1.29 is 14.3 Å². The van der Waals surface area contributed by atoms with Gasteiger partial charge in [-0.05, 0) is 24.6 Å². The number of nitrogens with two attached hydrogens (primary N) is 1. The summed E-state index contributed by atoms with van der Waals surface area (Å²) in [5, 5.41) is 9.86. The van der Waals surface area contributed by atoms with Crippen molar-refractivity contribution in [1.29, 1.82) is 0 Å². The van der Waals surface area contributed by atoms with Gasteiger partial charge in [-0.1, -0.05) is 11.6 Å². The zero-order chi connectivity index (χ0) is 11.2. The Morgan fingerprint density at radius 2 is 2.20 bits per heavy atom. The first kappa shape index (κ1) is 9.86. The largest absolute Gasteiger partial charge is 0.475 e. The number of halogens is 1. The molecule has 0 aliphatic rings. The van der Waals surface area contributed by atoms with Crippen LogP contribution in [0.15, 0.2) is 16.5 Å². The van der Waals surface area contributed by atoms with Gasteiger partial charge >= 0.3 is 5.97 Å². The van der Waals surface area contributed by atoms with Crippen LogP contribution in [-0.2, 0) is 0 Å². The molecular weight excluding hydrogens is 218 g/mol. The molecule has 15 heavy (non-hydrogen) atoms. The smallest absolute Gasteiger partial charge is 0.374 e. The molecule has 0 amide bonds. The Kier molecular flexibility index (Phi) is 2.08. The Morgan fingerprint density at radius 3 is 2.80 bits per heavy atom. The number of nitrogen functional groups attached to an aromatic ring is 1. The van der Waals surface area contributed by atoms with E-state index in [-0.39, 0.29) is 11.4 Å². The van der Waals surface area contributed by atoms with Gasteiger partial charge in [-0.25, -0.2) is 4.79 Å². The molecule has 2 aromatic rings. The van der Waals surface area contributed by atoms with E-state index >= 15 is 0 Å². The van der Waals surface area contributed by atoms with Crippen molar-refractivity contribution in [3.05, 3.63) is 28.5 Å². The number of aryl methyl sites for hydroxylation is 1. The SMILES string of the molecule is Cc1cc(Cl)cc2c(N)c(C(=O)O)oc12. The summed E-state index contributed by atoms with van der Waals surface area (Å²) < 4.78 is 5.16. The van der Waals surface area contributed by atoms with Gasteiger partial charge in [0.05, 0.1) is 5.69 Å². The summed E-state index contributed by atoms with van der Waals surface area (Å²) in [5.74, 6) is -1.42. The lowest BCUT2D eigenvalue weighted by atomic mass is 10.1. The highest BCUT2D eigenvalue weighted by Crippen LogP contribution is 2.32. The number of aromatic carboxylic acids is 1. The van der Waals surface area contributed by atoms with Gasteiger partial charge in [-0.15, -0.1) is 0 Å². The van der Waals surface area contributed by atoms with E-state index in [1.54, 1.807) is 19.1 Å². The average molecular weight is 226 g/mol. The van der Waals surface area contributed by atoms with Gasteiger partial charge in [0.1, 0.15) is 5.58 Å². The summed E-state index contributed by atoms with van der Waals surface area (Å²) in [6.07, 6.45) is 0. The van der Waals surface area contributed by atoms with Crippen LogP contribution < -0.4 is 5.73 Å². The molecule has 0 fully saturated rings. The third-order valence-corrected chi connectivity index (χ3v) is 2.39. The Morgan fingerprint density at radius 1 is 1.53 bits per heavy atom. The van der Waals surface area contributed by atoms with E-state index in [0.717, 1.165) is 5.56 Å². The predicted octanol–water partition coefficient (Wildman–Crippen LogP) is 2.68. The Bertz CT molecular complexity index is 559. The van der Waals surface area contributed by atoms with E-state index in [2.05, 4.69) is 0 Å². The number of fused-ring (bicyclic) bond motifs is 1. The number of hydrogen-bond donors (Lipinski definition) is 2. The lowest BCUT2D eigenvalue weighted by Gasteiger charge is -1.95. The van der Waals surface area contributed by atoms with Crippen LogP contribution in [0, 0.1) is 6.92 Å². The van der Waals surface area contributed by atoms with E-state index in [0.29, 0.717) is 16.0 Å². The molecule has 4 nitrogen and oxygen atoms in total. The highest BCUT2D eigenvalue weighted by molar-refractivity contribution is 6.31. The number of carboxylic acid groups (broad SMARTS) is 1. The third-order valence-electron chi connectivity index (χ3n) is 2.17. The van der Waals surface area contributed by atoms with Gasteiger partial charge in [0, 0.05) is 10.4 Å². The minimum atomic E-state index is -1.18. The second kappa shape index (κ2) is 3.17. The van der Waals surface area contributed by atoms with Gasteiger partial charge in [-0.2, -0.15) is 0 Å². The lowest BCUT2D eigenvalue weighted by molar-refractivity contribution is 0.0666. The van der Waals surface area contributed by atoms with Crippen molar-refractivity contribution in [1.82, 2.24) is 0 Å². The normalized spacial score (nSPS) is 10.8. The number of furan rings is 1. The van der Waals surface area contributed by atoms with Crippen molar-refractivity contribution >= 4 is 34.2 Å². The van der Waals surface area contributed by atoms with Crippen molar-refractivity contribution in [2.24, 2.45) is 0 Å². The van der Waals surface area contributed by atoms with E-state index in [4.69, 9.17) is 26.9 Å². The molecule has 1 aromatic carbocycles. The van der Waals surface area contributed by atoms with Crippen LogP contribution in [0.1, 0.15) is 16.1 Å². The fraction of sp³-hybridized carbons (Fsp3) is 0.100. The predicted molar refractivity (Wildman–Crippen MR) is 57.3 cm³/mol. The van der Waals surface area contributed by atoms with Crippen LogP contribution >= 0.6 is 11.6 Å². The number of carbonyl (C=O) groups is 1. The Hall–Kier alpha value is -1.68. The number of carboxylic acids is 1. The summed E-state index contributed by atoms with van der Waals surface area (Å²) in [6, 6.07) is 3.29.